The molecule has 0 radical (unpaired) electrons. The van der Waals surface area contributed by atoms with Gasteiger partial charge in [0.05, 0.1) is 18.7 Å². The van der Waals surface area contributed by atoms with E-state index in [1.54, 1.807) is 6.92 Å². The smallest absolute Gasteiger partial charge is 0.364 e. The lowest BCUT2D eigenvalue weighted by Gasteiger charge is -2.21. The summed E-state index contributed by atoms with van der Waals surface area (Å²) in [4.78, 5) is 16.0. The molecule has 0 saturated carbocycles. The van der Waals surface area contributed by atoms with Crippen molar-refractivity contribution in [2.24, 2.45) is 11.1 Å². The fourth-order valence-corrected chi connectivity index (χ4v) is 1.92. The zero-order chi connectivity index (χ0) is 11.5. The van der Waals surface area contributed by atoms with E-state index >= 15 is 0 Å². The van der Waals surface area contributed by atoms with Crippen molar-refractivity contribution in [1.82, 2.24) is 0 Å². The average Bonchev–Trinajstić information content (AvgIpc) is 2.63. The molecule has 0 saturated heterocycles. The predicted octanol–water partition coefficient (Wildman–Crippen LogP) is 2.04. The third-order valence-electron chi connectivity index (χ3n) is 2.31. The van der Waals surface area contributed by atoms with Crippen LogP contribution in [-0.4, -0.2) is 29.5 Å². The van der Waals surface area contributed by atoms with Crippen molar-refractivity contribution in [1.29, 1.82) is 0 Å². The molecule has 1 rings (SSSR count). The van der Waals surface area contributed by atoms with Crippen molar-refractivity contribution in [3.63, 3.8) is 0 Å². The molecule has 0 bridgehead atoms. The first-order valence-corrected chi connectivity index (χ1v) is 6.25. The maximum Gasteiger partial charge on any atom is 0.364 e. The Morgan fingerprint density at radius 2 is 2.40 bits per heavy atom. The van der Waals surface area contributed by atoms with Crippen LogP contribution in [0.1, 0.15) is 27.2 Å². The Kier molecular flexibility index (Phi) is 4.02. The van der Waals surface area contributed by atoms with E-state index < -0.39 is 4.93 Å². The van der Waals surface area contributed by atoms with Crippen LogP contribution >= 0.6 is 11.8 Å². The van der Waals surface area contributed by atoms with Gasteiger partial charge in [-0.05, 0) is 19.1 Å². The van der Waals surface area contributed by atoms with Gasteiger partial charge in [0.25, 0.3) is 4.93 Å². The SMILES string of the molecule is CCOC(=O)C1(SC)CC(C(C)C)=NO1. The maximum atomic E-state index is 11.7. The Hall–Kier alpha value is -0.710. The summed E-state index contributed by atoms with van der Waals surface area (Å²) < 4.78 is 4.99. The first-order valence-electron chi connectivity index (χ1n) is 5.03. The molecular formula is C10H17NO3S. The van der Waals surface area contributed by atoms with E-state index in [0.717, 1.165) is 5.71 Å². The first-order chi connectivity index (χ1) is 7.05. The van der Waals surface area contributed by atoms with E-state index in [0.29, 0.717) is 18.9 Å². The van der Waals surface area contributed by atoms with E-state index in [4.69, 9.17) is 9.57 Å². The zero-order valence-electron chi connectivity index (χ0n) is 9.57. The largest absolute Gasteiger partial charge is 0.462 e. The summed E-state index contributed by atoms with van der Waals surface area (Å²) in [7, 11) is 0. The Labute approximate surface area is 94.4 Å². The van der Waals surface area contributed by atoms with Gasteiger partial charge in [0.1, 0.15) is 0 Å². The number of thioether (sulfide) groups is 1. The van der Waals surface area contributed by atoms with Crippen molar-refractivity contribution >= 4 is 23.4 Å². The van der Waals surface area contributed by atoms with Gasteiger partial charge in [-0.2, -0.15) is 0 Å². The van der Waals surface area contributed by atoms with Crippen LogP contribution in [0.2, 0.25) is 0 Å². The van der Waals surface area contributed by atoms with Gasteiger partial charge >= 0.3 is 5.97 Å². The van der Waals surface area contributed by atoms with Crippen LogP contribution in [0.4, 0.5) is 0 Å². The molecule has 0 spiro atoms. The van der Waals surface area contributed by atoms with Crippen LogP contribution in [0.25, 0.3) is 0 Å². The minimum atomic E-state index is -0.949. The second kappa shape index (κ2) is 4.88. The molecule has 1 atom stereocenters. The fraction of sp³-hybridized carbons (Fsp3) is 0.800. The van der Waals surface area contributed by atoms with Gasteiger partial charge in [0.2, 0.25) is 0 Å². The molecule has 1 unspecified atom stereocenters. The van der Waals surface area contributed by atoms with Crippen LogP contribution in [0.3, 0.4) is 0 Å². The summed E-state index contributed by atoms with van der Waals surface area (Å²) in [6.45, 7) is 6.21. The van der Waals surface area contributed by atoms with E-state index in [9.17, 15) is 4.79 Å². The lowest BCUT2D eigenvalue weighted by Crippen LogP contribution is -2.37. The number of hydrogen-bond acceptors (Lipinski definition) is 5. The highest BCUT2D eigenvalue weighted by molar-refractivity contribution is 8.00. The molecule has 5 heteroatoms. The van der Waals surface area contributed by atoms with Gasteiger partial charge < -0.3 is 9.57 Å². The highest BCUT2D eigenvalue weighted by Crippen LogP contribution is 2.36. The molecule has 0 aromatic carbocycles. The number of oxime groups is 1. The number of esters is 1. The number of hydrogen-bond donors (Lipinski definition) is 0. The molecule has 0 aromatic heterocycles. The fourth-order valence-electron chi connectivity index (χ4n) is 1.29. The standard InChI is InChI=1S/C10H17NO3S/c1-5-13-9(12)10(15-4)6-8(7(2)3)11-14-10/h7H,5-6H2,1-4H3. The van der Waals surface area contributed by atoms with Gasteiger partial charge in [-0.1, -0.05) is 19.0 Å². The number of nitrogens with zero attached hydrogens (tertiary/aromatic N) is 1. The van der Waals surface area contributed by atoms with E-state index in [1.807, 2.05) is 20.1 Å². The molecule has 86 valence electrons. The van der Waals surface area contributed by atoms with Gasteiger partial charge in [0.15, 0.2) is 0 Å². The second-order valence-electron chi connectivity index (χ2n) is 3.68. The summed E-state index contributed by atoms with van der Waals surface area (Å²) in [5, 5.41) is 3.96. The highest BCUT2D eigenvalue weighted by Gasteiger charge is 2.48. The lowest BCUT2D eigenvalue weighted by atomic mass is 10.0. The maximum absolute atomic E-state index is 11.7. The zero-order valence-corrected chi connectivity index (χ0v) is 10.4. The van der Waals surface area contributed by atoms with Gasteiger partial charge in [-0.25, -0.2) is 4.79 Å². The Morgan fingerprint density at radius 3 is 2.80 bits per heavy atom. The summed E-state index contributed by atoms with van der Waals surface area (Å²) in [5.74, 6) is -0.0367. The summed E-state index contributed by atoms with van der Waals surface area (Å²) in [6.07, 6.45) is 2.35. The molecule has 1 aliphatic rings. The van der Waals surface area contributed by atoms with Crippen LogP contribution < -0.4 is 0 Å². The monoisotopic (exact) mass is 231 g/mol. The predicted molar refractivity (Wildman–Crippen MR) is 60.9 cm³/mol. The van der Waals surface area contributed by atoms with Crippen molar-refractivity contribution in [3.8, 4) is 0 Å². The Morgan fingerprint density at radius 1 is 1.73 bits per heavy atom. The summed E-state index contributed by atoms with van der Waals surface area (Å²) in [5.41, 5.74) is 0.914. The molecule has 0 aromatic rings. The Bertz CT molecular complexity index is 278. The van der Waals surface area contributed by atoms with E-state index in [2.05, 4.69) is 5.16 Å². The van der Waals surface area contributed by atoms with Crippen molar-refractivity contribution in [3.05, 3.63) is 0 Å². The van der Waals surface area contributed by atoms with Crippen LogP contribution in [0.5, 0.6) is 0 Å². The Balaban J connectivity index is 2.72. The van der Waals surface area contributed by atoms with Crippen molar-refractivity contribution in [2.75, 3.05) is 12.9 Å². The number of ether oxygens (including phenoxy) is 1. The number of rotatable bonds is 4. The van der Waals surface area contributed by atoms with Crippen LogP contribution in [0, 0.1) is 5.92 Å². The minimum absolute atomic E-state index is 0.299. The molecule has 15 heavy (non-hydrogen) atoms. The van der Waals surface area contributed by atoms with E-state index in [1.165, 1.54) is 11.8 Å². The molecule has 0 amide bonds. The summed E-state index contributed by atoms with van der Waals surface area (Å²) >= 11 is 1.34. The molecule has 1 heterocycles. The van der Waals surface area contributed by atoms with Crippen molar-refractivity contribution in [2.45, 2.75) is 32.1 Å². The molecule has 0 fully saturated rings. The number of carbonyl (C=O) groups is 1. The minimum Gasteiger partial charge on any atom is -0.462 e. The second-order valence-corrected chi connectivity index (χ2v) is 4.75. The molecule has 4 nitrogen and oxygen atoms in total. The first kappa shape index (κ1) is 12.4. The molecular weight excluding hydrogens is 214 g/mol. The molecule has 1 aliphatic heterocycles. The number of carbonyl (C=O) groups excluding carboxylic acids is 1. The summed E-state index contributed by atoms with van der Waals surface area (Å²) in [6, 6.07) is 0. The lowest BCUT2D eigenvalue weighted by molar-refractivity contribution is -0.158. The van der Waals surface area contributed by atoms with Gasteiger partial charge in [-0.15, -0.1) is 11.8 Å². The molecule has 0 aliphatic carbocycles. The van der Waals surface area contributed by atoms with Crippen molar-refractivity contribution < 1.29 is 14.4 Å². The van der Waals surface area contributed by atoms with Crippen LogP contribution in [-0.2, 0) is 14.4 Å². The normalized spacial score (nSPS) is 25.0. The quantitative estimate of drug-likeness (QED) is 0.695. The highest BCUT2D eigenvalue weighted by atomic mass is 32.2. The van der Waals surface area contributed by atoms with E-state index in [-0.39, 0.29) is 5.97 Å². The topological polar surface area (TPSA) is 47.9 Å². The third kappa shape index (κ3) is 2.45. The van der Waals surface area contributed by atoms with Gasteiger partial charge in [0, 0.05) is 0 Å². The van der Waals surface area contributed by atoms with Gasteiger partial charge in [-0.3, -0.25) is 0 Å². The third-order valence-corrected chi connectivity index (χ3v) is 3.35. The van der Waals surface area contributed by atoms with Crippen LogP contribution in [0.15, 0.2) is 5.16 Å². The molecule has 0 N–H and O–H groups in total. The average molecular weight is 231 g/mol.